The number of carbonyl (C=O) groups excluding carboxylic acids is 2. The number of hydrogen-bond donors (Lipinski definition) is 3. The average Bonchev–Trinajstić information content (AvgIpc) is 2.38. The highest BCUT2D eigenvalue weighted by Gasteiger charge is 2.20. The third-order valence-electron chi connectivity index (χ3n) is 3.43. The van der Waals surface area contributed by atoms with Crippen molar-refractivity contribution in [1.29, 1.82) is 0 Å². The SMILES string of the molecule is CC(=O)Nc1ccc(C(=O)NC2CCNC(C)C2)cc1.Cl. The largest absolute Gasteiger partial charge is 0.349 e. The monoisotopic (exact) mass is 311 g/mol. The van der Waals surface area contributed by atoms with Gasteiger partial charge in [-0.25, -0.2) is 0 Å². The molecule has 1 fully saturated rings. The fourth-order valence-electron chi connectivity index (χ4n) is 2.44. The maximum Gasteiger partial charge on any atom is 0.251 e. The van der Waals surface area contributed by atoms with Gasteiger partial charge in [-0.3, -0.25) is 9.59 Å². The van der Waals surface area contributed by atoms with Crippen molar-refractivity contribution in [2.45, 2.75) is 38.8 Å². The van der Waals surface area contributed by atoms with Crippen LogP contribution in [0.3, 0.4) is 0 Å². The molecule has 2 amide bonds. The minimum atomic E-state index is -0.120. The normalized spacial score (nSPS) is 21.0. The van der Waals surface area contributed by atoms with Crippen LogP contribution in [0.4, 0.5) is 5.69 Å². The van der Waals surface area contributed by atoms with Crippen molar-refractivity contribution < 1.29 is 9.59 Å². The van der Waals surface area contributed by atoms with Crippen molar-refractivity contribution in [3.63, 3.8) is 0 Å². The molecule has 6 heteroatoms. The molecule has 2 atom stereocenters. The van der Waals surface area contributed by atoms with Crippen molar-refractivity contribution in [2.75, 3.05) is 11.9 Å². The van der Waals surface area contributed by atoms with E-state index in [-0.39, 0.29) is 30.3 Å². The van der Waals surface area contributed by atoms with E-state index < -0.39 is 0 Å². The zero-order chi connectivity index (χ0) is 14.5. The van der Waals surface area contributed by atoms with Gasteiger partial charge in [-0.05, 0) is 50.6 Å². The molecule has 1 heterocycles. The van der Waals surface area contributed by atoms with Gasteiger partial charge in [0.2, 0.25) is 5.91 Å². The van der Waals surface area contributed by atoms with Crippen molar-refractivity contribution in [3.8, 4) is 0 Å². The molecule has 0 aliphatic carbocycles. The molecule has 1 aromatic rings. The van der Waals surface area contributed by atoms with Crippen LogP contribution in [0.25, 0.3) is 0 Å². The lowest BCUT2D eigenvalue weighted by atomic mass is 10.0. The predicted molar refractivity (Wildman–Crippen MR) is 85.9 cm³/mol. The summed E-state index contributed by atoms with van der Waals surface area (Å²) in [7, 11) is 0. The van der Waals surface area contributed by atoms with Gasteiger partial charge in [0.1, 0.15) is 0 Å². The number of nitrogens with one attached hydrogen (secondary N) is 3. The highest BCUT2D eigenvalue weighted by Crippen LogP contribution is 2.12. The van der Waals surface area contributed by atoms with Crippen LogP contribution < -0.4 is 16.0 Å². The van der Waals surface area contributed by atoms with Gasteiger partial charge in [-0.15, -0.1) is 12.4 Å². The third-order valence-corrected chi connectivity index (χ3v) is 3.43. The highest BCUT2D eigenvalue weighted by molar-refractivity contribution is 5.95. The highest BCUT2D eigenvalue weighted by atomic mass is 35.5. The second kappa shape index (κ2) is 8.00. The van der Waals surface area contributed by atoms with Gasteiger partial charge in [0.25, 0.3) is 5.91 Å². The van der Waals surface area contributed by atoms with Crippen molar-refractivity contribution in [3.05, 3.63) is 29.8 Å². The summed E-state index contributed by atoms with van der Waals surface area (Å²) in [5.41, 5.74) is 1.31. The summed E-state index contributed by atoms with van der Waals surface area (Å²) in [6.07, 6.45) is 1.91. The number of halogens is 1. The number of hydrogen-bond acceptors (Lipinski definition) is 3. The molecule has 5 nitrogen and oxygen atoms in total. The molecule has 2 unspecified atom stereocenters. The smallest absolute Gasteiger partial charge is 0.251 e. The molecule has 0 radical (unpaired) electrons. The molecule has 0 saturated carbocycles. The van der Waals surface area contributed by atoms with Crippen molar-refractivity contribution >= 4 is 29.9 Å². The number of rotatable bonds is 3. The summed E-state index contributed by atoms with van der Waals surface area (Å²) in [5.74, 6) is -0.177. The molecule has 1 aliphatic rings. The van der Waals surface area contributed by atoms with E-state index in [0.717, 1.165) is 19.4 Å². The predicted octanol–water partition coefficient (Wildman–Crippen LogP) is 1.94. The van der Waals surface area contributed by atoms with Crippen LogP contribution in [0.1, 0.15) is 37.0 Å². The van der Waals surface area contributed by atoms with Gasteiger partial charge in [0.05, 0.1) is 0 Å². The number of amides is 2. The zero-order valence-corrected chi connectivity index (χ0v) is 13.1. The quantitative estimate of drug-likeness (QED) is 0.799. The summed E-state index contributed by atoms with van der Waals surface area (Å²) in [4.78, 5) is 23.1. The van der Waals surface area contributed by atoms with E-state index in [9.17, 15) is 9.59 Å². The number of carbonyl (C=O) groups is 2. The number of piperidine rings is 1. The zero-order valence-electron chi connectivity index (χ0n) is 12.3. The van der Waals surface area contributed by atoms with E-state index >= 15 is 0 Å². The van der Waals surface area contributed by atoms with Gasteiger partial charge in [0.15, 0.2) is 0 Å². The molecule has 3 N–H and O–H groups in total. The van der Waals surface area contributed by atoms with E-state index in [1.807, 2.05) is 0 Å². The Balaban J connectivity index is 0.00000220. The Morgan fingerprint density at radius 2 is 1.90 bits per heavy atom. The number of benzene rings is 1. The summed E-state index contributed by atoms with van der Waals surface area (Å²) < 4.78 is 0. The Morgan fingerprint density at radius 1 is 1.24 bits per heavy atom. The fraction of sp³-hybridized carbons (Fsp3) is 0.467. The first-order chi connectivity index (χ1) is 9.54. The van der Waals surface area contributed by atoms with E-state index in [2.05, 4.69) is 22.9 Å². The van der Waals surface area contributed by atoms with Crippen LogP contribution in [0.5, 0.6) is 0 Å². The summed E-state index contributed by atoms with van der Waals surface area (Å²) in [5, 5.41) is 9.10. The Bertz CT molecular complexity index is 490. The molecule has 2 rings (SSSR count). The summed E-state index contributed by atoms with van der Waals surface area (Å²) >= 11 is 0. The first kappa shape index (κ1) is 17.5. The van der Waals surface area contributed by atoms with Crippen LogP contribution in [0.15, 0.2) is 24.3 Å². The summed E-state index contributed by atoms with van der Waals surface area (Å²) in [6.45, 7) is 4.52. The molecule has 116 valence electrons. The molecule has 21 heavy (non-hydrogen) atoms. The van der Waals surface area contributed by atoms with Crippen LogP contribution in [-0.4, -0.2) is 30.4 Å². The van der Waals surface area contributed by atoms with Crippen molar-refractivity contribution in [2.24, 2.45) is 0 Å². The second-order valence-corrected chi connectivity index (χ2v) is 5.31. The lowest BCUT2D eigenvalue weighted by molar-refractivity contribution is -0.114. The Hall–Kier alpha value is -1.59. The Morgan fingerprint density at radius 3 is 2.48 bits per heavy atom. The summed E-state index contributed by atoms with van der Waals surface area (Å²) in [6, 6.07) is 7.60. The van der Waals surface area contributed by atoms with E-state index in [1.165, 1.54) is 6.92 Å². The second-order valence-electron chi connectivity index (χ2n) is 5.31. The first-order valence-corrected chi connectivity index (χ1v) is 6.96. The van der Waals surface area contributed by atoms with Gasteiger partial charge in [-0.2, -0.15) is 0 Å². The van der Waals surface area contributed by atoms with E-state index in [0.29, 0.717) is 17.3 Å². The molecule has 1 aromatic carbocycles. The minimum absolute atomic E-state index is 0. The maximum absolute atomic E-state index is 12.1. The molecule has 1 saturated heterocycles. The third kappa shape index (κ3) is 5.36. The molecule has 0 spiro atoms. The van der Waals surface area contributed by atoms with E-state index in [1.54, 1.807) is 24.3 Å². The topological polar surface area (TPSA) is 70.2 Å². The Labute approximate surface area is 131 Å². The molecular weight excluding hydrogens is 290 g/mol. The van der Waals surface area contributed by atoms with Crippen LogP contribution in [-0.2, 0) is 4.79 Å². The lowest BCUT2D eigenvalue weighted by Crippen LogP contribution is -2.46. The minimum Gasteiger partial charge on any atom is -0.349 e. The molecule has 1 aliphatic heterocycles. The van der Waals surface area contributed by atoms with Crippen LogP contribution in [0.2, 0.25) is 0 Å². The molecule has 0 bridgehead atoms. The fourth-order valence-corrected chi connectivity index (χ4v) is 2.44. The van der Waals surface area contributed by atoms with Gasteiger partial charge in [-0.1, -0.05) is 0 Å². The van der Waals surface area contributed by atoms with Crippen LogP contribution >= 0.6 is 12.4 Å². The number of anilines is 1. The van der Waals surface area contributed by atoms with Crippen molar-refractivity contribution in [1.82, 2.24) is 10.6 Å². The van der Waals surface area contributed by atoms with Crippen LogP contribution in [0, 0.1) is 0 Å². The average molecular weight is 312 g/mol. The van der Waals surface area contributed by atoms with Gasteiger partial charge in [0, 0.05) is 30.3 Å². The lowest BCUT2D eigenvalue weighted by Gasteiger charge is -2.28. The standard InChI is InChI=1S/C15H21N3O2.ClH/c1-10-9-14(7-8-16-10)18-15(20)12-3-5-13(6-4-12)17-11(2)19;/h3-6,10,14,16H,7-9H2,1-2H3,(H,17,19)(H,18,20);1H. The van der Waals surface area contributed by atoms with Gasteiger partial charge < -0.3 is 16.0 Å². The maximum atomic E-state index is 12.1. The first-order valence-electron chi connectivity index (χ1n) is 6.96. The Kier molecular flexibility index (Phi) is 6.65. The van der Waals surface area contributed by atoms with Gasteiger partial charge >= 0.3 is 0 Å². The molecular formula is C15H22ClN3O2. The van der Waals surface area contributed by atoms with E-state index in [4.69, 9.17) is 0 Å². The molecule has 0 aromatic heterocycles.